The maximum Gasteiger partial charge on any atom is 0.308 e. The SMILES string of the molecule is CCOC(=O)C[C@H](NC(=O)CSC1=NCCS1)c1ccccc1Cl. The first-order valence-electron chi connectivity index (χ1n) is 7.59. The number of hydrogen-bond acceptors (Lipinski definition) is 6. The molecule has 1 atom stereocenters. The molecule has 5 nitrogen and oxygen atoms in total. The molecule has 0 aromatic heterocycles. The maximum absolute atomic E-state index is 12.2. The van der Waals surface area contributed by atoms with Crippen LogP contribution in [0.4, 0.5) is 0 Å². The van der Waals surface area contributed by atoms with Crippen LogP contribution in [-0.2, 0) is 14.3 Å². The van der Waals surface area contributed by atoms with Gasteiger partial charge in [0.15, 0.2) is 0 Å². The Hall–Kier alpha value is -1.18. The number of esters is 1. The van der Waals surface area contributed by atoms with Gasteiger partial charge in [-0.2, -0.15) is 0 Å². The van der Waals surface area contributed by atoms with Gasteiger partial charge in [0.05, 0.1) is 31.4 Å². The normalized spacial score (nSPS) is 14.8. The van der Waals surface area contributed by atoms with Gasteiger partial charge < -0.3 is 10.1 Å². The van der Waals surface area contributed by atoms with Crippen LogP contribution in [-0.4, -0.2) is 40.9 Å². The molecule has 1 aromatic rings. The van der Waals surface area contributed by atoms with Crippen molar-refractivity contribution in [3.63, 3.8) is 0 Å². The molecule has 0 radical (unpaired) electrons. The molecule has 0 aliphatic carbocycles. The number of ether oxygens (including phenoxy) is 1. The Balaban J connectivity index is 2.00. The minimum absolute atomic E-state index is 0.0453. The van der Waals surface area contributed by atoms with Crippen molar-refractivity contribution in [2.24, 2.45) is 4.99 Å². The second kappa shape index (κ2) is 9.96. The molecule has 0 bridgehead atoms. The van der Waals surface area contributed by atoms with Gasteiger partial charge in [0.25, 0.3) is 0 Å². The highest BCUT2D eigenvalue weighted by molar-refractivity contribution is 8.39. The number of thioether (sulfide) groups is 2. The fraction of sp³-hybridized carbons (Fsp3) is 0.438. The van der Waals surface area contributed by atoms with Crippen LogP contribution in [0, 0.1) is 0 Å². The lowest BCUT2D eigenvalue weighted by atomic mass is 10.0. The summed E-state index contributed by atoms with van der Waals surface area (Å²) < 4.78 is 5.93. The van der Waals surface area contributed by atoms with Gasteiger partial charge in [-0.1, -0.05) is 53.3 Å². The first-order valence-corrected chi connectivity index (χ1v) is 9.94. The highest BCUT2D eigenvalue weighted by atomic mass is 35.5. The van der Waals surface area contributed by atoms with E-state index in [1.54, 1.807) is 36.9 Å². The molecular weight excluding hydrogens is 368 g/mol. The lowest BCUT2D eigenvalue weighted by Crippen LogP contribution is -2.32. The van der Waals surface area contributed by atoms with E-state index in [1.807, 2.05) is 6.07 Å². The Kier molecular flexibility index (Phi) is 7.94. The lowest BCUT2D eigenvalue weighted by molar-refractivity contribution is -0.143. The summed E-state index contributed by atoms with van der Waals surface area (Å²) in [6.07, 6.45) is 0.0453. The second-order valence-electron chi connectivity index (χ2n) is 4.94. The standard InChI is InChI=1S/C16H19ClN2O3S2/c1-2-22-15(21)9-13(11-5-3-4-6-12(11)17)19-14(20)10-24-16-18-7-8-23-16/h3-6,13H,2,7-10H2,1H3,(H,19,20)/t13-/m0/s1. The van der Waals surface area contributed by atoms with E-state index in [0.29, 0.717) is 17.2 Å². The van der Waals surface area contributed by atoms with Crippen molar-refractivity contribution in [1.29, 1.82) is 0 Å². The first kappa shape index (κ1) is 19.1. The monoisotopic (exact) mass is 386 g/mol. The molecule has 1 amide bonds. The van der Waals surface area contributed by atoms with Crippen molar-refractivity contribution in [3.05, 3.63) is 34.9 Å². The van der Waals surface area contributed by atoms with Crippen molar-refractivity contribution in [2.75, 3.05) is 24.7 Å². The Morgan fingerprint density at radius 1 is 1.46 bits per heavy atom. The molecule has 1 aromatic carbocycles. The van der Waals surface area contributed by atoms with Gasteiger partial charge in [0, 0.05) is 10.8 Å². The van der Waals surface area contributed by atoms with Crippen LogP contribution in [0.5, 0.6) is 0 Å². The van der Waals surface area contributed by atoms with Crippen LogP contribution in [0.15, 0.2) is 29.3 Å². The zero-order chi connectivity index (χ0) is 17.4. The number of benzene rings is 1. The molecule has 130 valence electrons. The number of carbonyl (C=O) groups excluding carboxylic acids is 2. The maximum atomic E-state index is 12.2. The third-order valence-corrected chi connectivity index (χ3v) is 5.77. The van der Waals surface area contributed by atoms with Gasteiger partial charge in [-0.25, -0.2) is 0 Å². The van der Waals surface area contributed by atoms with E-state index >= 15 is 0 Å². The van der Waals surface area contributed by atoms with Gasteiger partial charge in [0.1, 0.15) is 4.38 Å². The molecule has 2 rings (SSSR count). The number of amides is 1. The second-order valence-corrected chi connectivity index (χ2v) is 7.65. The van der Waals surface area contributed by atoms with Crippen molar-refractivity contribution >= 4 is 51.4 Å². The van der Waals surface area contributed by atoms with Crippen LogP contribution in [0.25, 0.3) is 0 Å². The minimum atomic E-state index is -0.510. The third kappa shape index (κ3) is 6.03. The molecular formula is C16H19ClN2O3S2. The van der Waals surface area contributed by atoms with Crippen molar-refractivity contribution in [2.45, 2.75) is 19.4 Å². The predicted octanol–water partition coefficient (Wildman–Crippen LogP) is 3.29. The molecule has 1 heterocycles. The number of rotatable bonds is 7. The molecule has 24 heavy (non-hydrogen) atoms. The summed E-state index contributed by atoms with van der Waals surface area (Å²) in [6, 6.07) is 6.66. The van der Waals surface area contributed by atoms with Gasteiger partial charge in [-0.05, 0) is 18.6 Å². The van der Waals surface area contributed by atoms with E-state index in [-0.39, 0.29) is 24.1 Å². The van der Waals surface area contributed by atoms with E-state index in [0.717, 1.165) is 16.7 Å². The summed E-state index contributed by atoms with van der Waals surface area (Å²) in [5, 5.41) is 3.39. The van der Waals surface area contributed by atoms with E-state index in [2.05, 4.69) is 10.3 Å². The molecule has 1 N–H and O–H groups in total. The Morgan fingerprint density at radius 3 is 2.92 bits per heavy atom. The largest absolute Gasteiger partial charge is 0.466 e. The zero-order valence-electron chi connectivity index (χ0n) is 13.3. The van der Waals surface area contributed by atoms with Gasteiger partial charge in [-0.15, -0.1) is 0 Å². The van der Waals surface area contributed by atoms with E-state index in [1.165, 1.54) is 11.8 Å². The van der Waals surface area contributed by atoms with E-state index < -0.39 is 6.04 Å². The van der Waals surface area contributed by atoms with Crippen molar-refractivity contribution < 1.29 is 14.3 Å². The number of carbonyl (C=O) groups is 2. The van der Waals surface area contributed by atoms with Crippen LogP contribution in [0.3, 0.4) is 0 Å². The molecule has 0 unspecified atom stereocenters. The number of nitrogens with zero attached hydrogens (tertiary/aromatic N) is 1. The van der Waals surface area contributed by atoms with E-state index in [4.69, 9.17) is 16.3 Å². The Morgan fingerprint density at radius 2 is 2.25 bits per heavy atom. The lowest BCUT2D eigenvalue weighted by Gasteiger charge is -2.19. The summed E-state index contributed by atoms with van der Waals surface area (Å²) in [5.74, 6) is 0.695. The molecule has 0 saturated carbocycles. The highest BCUT2D eigenvalue weighted by Crippen LogP contribution is 2.26. The highest BCUT2D eigenvalue weighted by Gasteiger charge is 2.22. The first-order chi connectivity index (χ1) is 11.6. The molecule has 1 aliphatic heterocycles. The Labute approximate surface area is 155 Å². The summed E-state index contributed by atoms with van der Waals surface area (Å²) in [6.45, 7) is 2.85. The van der Waals surface area contributed by atoms with Gasteiger partial charge >= 0.3 is 5.97 Å². The van der Waals surface area contributed by atoms with Crippen LogP contribution >= 0.6 is 35.1 Å². The zero-order valence-corrected chi connectivity index (χ0v) is 15.7. The van der Waals surface area contributed by atoms with Gasteiger partial charge in [0.2, 0.25) is 5.91 Å². The molecule has 1 aliphatic rings. The average Bonchev–Trinajstić information content (AvgIpc) is 3.06. The smallest absolute Gasteiger partial charge is 0.308 e. The third-order valence-electron chi connectivity index (χ3n) is 3.18. The van der Waals surface area contributed by atoms with Crippen molar-refractivity contribution in [1.82, 2.24) is 5.32 Å². The van der Waals surface area contributed by atoms with Crippen LogP contribution in [0.1, 0.15) is 24.9 Å². The topological polar surface area (TPSA) is 67.8 Å². The summed E-state index contributed by atoms with van der Waals surface area (Å²) in [7, 11) is 0. The Bertz CT molecular complexity index is 625. The number of hydrogen-bond donors (Lipinski definition) is 1. The van der Waals surface area contributed by atoms with Crippen molar-refractivity contribution in [3.8, 4) is 0 Å². The predicted molar refractivity (Wildman–Crippen MR) is 101 cm³/mol. The number of aliphatic imine (C=N–C) groups is 1. The minimum Gasteiger partial charge on any atom is -0.466 e. The fourth-order valence-electron chi connectivity index (χ4n) is 2.15. The average molecular weight is 387 g/mol. The molecule has 8 heteroatoms. The van der Waals surface area contributed by atoms with E-state index in [9.17, 15) is 9.59 Å². The summed E-state index contributed by atoms with van der Waals surface area (Å²) in [5.41, 5.74) is 0.707. The summed E-state index contributed by atoms with van der Waals surface area (Å²) >= 11 is 9.28. The number of nitrogens with one attached hydrogen (secondary N) is 1. The molecule has 0 spiro atoms. The quantitative estimate of drug-likeness (QED) is 0.728. The fourth-order valence-corrected chi connectivity index (χ4v) is 4.24. The van der Waals surface area contributed by atoms with Crippen LogP contribution in [0.2, 0.25) is 5.02 Å². The summed E-state index contributed by atoms with van der Waals surface area (Å²) in [4.78, 5) is 28.4. The number of halogens is 1. The molecule has 0 saturated heterocycles. The molecule has 0 fully saturated rings. The van der Waals surface area contributed by atoms with Gasteiger partial charge in [-0.3, -0.25) is 14.6 Å². The van der Waals surface area contributed by atoms with Crippen LogP contribution < -0.4 is 5.32 Å².